The molecule has 0 aliphatic carbocycles. The molecule has 112 valence electrons. The number of rotatable bonds is 3. The molecule has 0 N–H and O–H groups in total. The number of methoxy groups -OCH3 is 1. The van der Waals surface area contributed by atoms with Crippen LogP contribution in [0.3, 0.4) is 0 Å². The van der Waals surface area contributed by atoms with E-state index in [1.807, 2.05) is 24.3 Å². The van der Waals surface area contributed by atoms with Gasteiger partial charge >= 0.3 is 0 Å². The highest BCUT2D eigenvalue weighted by molar-refractivity contribution is 5.28. The van der Waals surface area contributed by atoms with Crippen molar-refractivity contribution in [2.75, 3.05) is 13.7 Å². The van der Waals surface area contributed by atoms with Crippen molar-refractivity contribution in [1.82, 2.24) is 0 Å². The normalized spacial score (nSPS) is 28.6. The number of hydrogen-bond donors (Lipinski definition) is 0. The van der Waals surface area contributed by atoms with Crippen molar-refractivity contribution in [3.63, 3.8) is 0 Å². The second-order valence-corrected chi connectivity index (χ2v) is 5.16. The molecule has 1 saturated heterocycles. The lowest BCUT2D eigenvalue weighted by molar-refractivity contribution is -0.258. The second kappa shape index (κ2) is 6.33. The van der Waals surface area contributed by atoms with E-state index in [0.717, 1.165) is 29.9 Å². The van der Waals surface area contributed by atoms with Crippen LogP contribution >= 0.6 is 0 Å². The van der Waals surface area contributed by atoms with Crippen molar-refractivity contribution in [2.24, 2.45) is 0 Å². The fraction of sp³-hybridized carbons (Fsp3) is 0.412. The number of benzene rings is 1. The lowest BCUT2D eigenvalue weighted by Gasteiger charge is -2.35. The monoisotopic (exact) mass is 288 g/mol. The van der Waals surface area contributed by atoms with E-state index in [2.05, 4.69) is 12.7 Å². The van der Waals surface area contributed by atoms with E-state index in [9.17, 15) is 0 Å². The smallest absolute Gasteiger partial charge is 0.184 e. The van der Waals surface area contributed by atoms with Crippen LogP contribution in [-0.4, -0.2) is 25.9 Å². The highest BCUT2D eigenvalue weighted by Gasteiger charge is 2.35. The molecule has 1 aromatic rings. The number of ether oxygens (including phenoxy) is 4. The summed E-state index contributed by atoms with van der Waals surface area (Å²) in [6, 6.07) is 7.76. The third-order valence-corrected chi connectivity index (χ3v) is 3.80. The Morgan fingerprint density at radius 3 is 2.76 bits per heavy atom. The molecule has 2 aliphatic rings. The molecule has 0 aromatic heterocycles. The maximum atomic E-state index is 6.07. The zero-order chi connectivity index (χ0) is 14.7. The van der Waals surface area contributed by atoms with Gasteiger partial charge in [-0.1, -0.05) is 18.7 Å². The second-order valence-electron chi connectivity index (χ2n) is 5.16. The molecule has 4 heteroatoms. The van der Waals surface area contributed by atoms with Crippen LogP contribution in [0.2, 0.25) is 0 Å². The number of hydrogen-bond acceptors (Lipinski definition) is 4. The van der Waals surface area contributed by atoms with Gasteiger partial charge in [-0.15, -0.1) is 0 Å². The summed E-state index contributed by atoms with van der Waals surface area (Å²) < 4.78 is 22.9. The SMILES string of the molecule is C=CC1=CCC[C@H]2O[C@@H](c3ccc(OC)cc3)OC[C@@H]2O1. The molecule has 3 rings (SSSR count). The van der Waals surface area contributed by atoms with E-state index < -0.39 is 0 Å². The summed E-state index contributed by atoms with van der Waals surface area (Å²) in [6.45, 7) is 4.28. The van der Waals surface area contributed by atoms with E-state index in [-0.39, 0.29) is 18.5 Å². The highest BCUT2D eigenvalue weighted by atomic mass is 16.7. The van der Waals surface area contributed by atoms with Gasteiger partial charge in [0.05, 0.1) is 13.7 Å². The van der Waals surface area contributed by atoms with E-state index in [0.29, 0.717) is 6.61 Å². The summed E-state index contributed by atoms with van der Waals surface area (Å²) in [5.74, 6) is 1.64. The largest absolute Gasteiger partial charge is 0.497 e. The Bertz CT molecular complexity index is 520. The first kappa shape index (κ1) is 14.2. The van der Waals surface area contributed by atoms with Gasteiger partial charge in [0.15, 0.2) is 6.29 Å². The van der Waals surface area contributed by atoms with Crippen LogP contribution in [0.1, 0.15) is 24.7 Å². The number of fused-ring (bicyclic) bond motifs is 1. The van der Waals surface area contributed by atoms with Crippen molar-refractivity contribution in [3.05, 3.63) is 54.3 Å². The Balaban J connectivity index is 1.68. The van der Waals surface area contributed by atoms with E-state index in [1.54, 1.807) is 13.2 Å². The van der Waals surface area contributed by atoms with Crippen LogP contribution in [-0.2, 0) is 14.2 Å². The first-order valence-corrected chi connectivity index (χ1v) is 7.20. The minimum absolute atomic E-state index is 0.0413. The Kier molecular flexibility index (Phi) is 4.27. The Morgan fingerprint density at radius 2 is 2.05 bits per heavy atom. The Morgan fingerprint density at radius 1 is 1.24 bits per heavy atom. The molecule has 0 spiro atoms. The van der Waals surface area contributed by atoms with Crippen molar-refractivity contribution >= 4 is 0 Å². The summed E-state index contributed by atoms with van der Waals surface area (Å²) >= 11 is 0. The minimum Gasteiger partial charge on any atom is -0.497 e. The van der Waals surface area contributed by atoms with Gasteiger partial charge in [0.2, 0.25) is 0 Å². The average Bonchev–Trinajstić information content (AvgIpc) is 2.76. The lowest BCUT2D eigenvalue weighted by atomic mass is 10.1. The summed E-state index contributed by atoms with van der Waals surface area (Å²) in [5, 5.41) is 0. The predicted octanol–water partition coefficient (Wildman–Crippen LogP) is 3.36. The first-order chi connectivity index (χ1) is 10.3. The maximum absolute atomic E-state index is 6.07. The Hall–Kier alpha value is -1.78. The van der Waals surface area contributed by atoms with Gasteiger partial charge in [-0.25, -0.2) is 0 Å². The molecule has 2 aliphatic heterocycles. The standard InChI is InChI=1S/C17H20O4/c1-3-13-5-4-6-15-16(20-13)11-19-17(21-15)12-7-9-14(18-2)10-8-12/h3,5,7-10,15-17H,1,4,6,11H2,2H3/t15-,16+,17+/m1/s1. The molecule has 0 unspecified atom stereocenters. The molecule has 0 radical (unpaired) electrons. The average molecular weight is 288 g/mol. The zero-order valence-corrected chi connectivity index (χ0v) is 12.2. The van der Waals surface area contributed by atoms with Crippen molar-refractivity contribution in [3.8, 4) is 5.75 Å². The summed E-state index contributed by atoms with van der Waals surface area (Å²) in [5.41, 5.74) is 0.996. The molecular weight excluding hydrogens is 268 g/mol. The van der Waals surface area contributed by atoms with Gasteiger partial charge in [-0.3, -0.25) is 0 Å². The fourth-order valence-electron chi connectivity index (χ4n) is 2.62. The van der Waals surface area contributed by atoms with Crippen LogP contribution in [0, 0.1) is 0 Å². The minimum atomic E-state index is -0.342. The lowest BCUT2D eigenvalue weighted by Crippen LogP contribution is -2.41. The van der Waals surface area contributed by atoms with Crippen LogP contribution in [0.25, 0.3) is 0 Å². The Labute approximate surface area is 125 Å². The zero-order valence-electron chi connectivity index (χ0n) is 12.2. The van der Waals surface area contributed by atoms with Crippen LogP contribution in [0.5, 0.6) is 5.75 Å². The first-order valence-electron chi connectivity index (χ1n) is 7.20. The topological polar surface area (TPSA) is 36.9 Å². The van der Waals surface area contributed by atoms with Gasteiger partial charge in [0, 0.05) is 5.56 Å². The van der Waals surface area contributed by atoms with Crippen LogP contribution in [0.15, 0.2) is 48.8 Å². The van der Waals surface area contributed by atoms with Crippen molar-refractivity contribution in [2.45, 2.75) is 31.3 Å². The molecule has 1 aromatic carbocycles. The molecule has 0 saturated carbocycles. The molecule has 0 bridgehead atoms. The van der Waals surface area contributed by atoms with E-state index in [4.69, 9.17) is 18.9 Å². The third-order valence-electron chi connectivity index (χ3n) is 3.80. The number of allylic oxidation sites excluding steroid dienone is 2. The molecule has 0 amide bonds. The summed E-state index contributed by atoms with van der Waals surface area (Å²) in [6.07, 6.45) is 5.28. The van der Waals surface area contributed by atoms with Gasteiger partial charge < -0.3 is 18.9 Å². The van der Waals surface area contributed by atoms with Gasteiger partial charge in [0.25, 0.3) is 0 Å². The molecule has 21 heavy (non-hydrogen) atoms. The van der Waals surface area contributed by atoms with Gasteiger partial charge in [0.1, 0.15) is 23.7 Å². The van der Waals surface area contributed by atoms with Crippen LogP contribution in [0.4, 0.5) is 0 Å². The van der Waals surface area contributed by atoms with Gasteiger partial charge in [-0.05, 0) is 37.1 Å². The van der Waals surface area contributed by atoms with E-state index in [1.165, 1.54) is 0 Å². The van der Waals surface area contributed by atoms with E-state index >= 15 is 0 Å². The predicted molar refractivity (Wildman–Crippen MR) is 78.9 cm³/mol. The summed E-state index contributed by atoms with van der Waals surface area (Å²) in [7, 11) is 1.65. The van der Waals surface area contributed by atoms with Crippen LogP contribution < -0.4 is 4.74 Å². The summed E-state index contributed by atoms with van der Waals surface area (Å²) in [4.78, 5) is 0. The molecule has 3 atom stereocenters. The molecule has 2 heterocycles. The fourth-order valence-corrected chi connectivity index (χ4v) is 2.62. The highest BCUT2D eigenvalue weighted by Crippen LogP contribution is 2.32. The quantitative estimate of drug-likeness (QED) is 0.854. The molecule has 1 fully saturated rings. The molecular formula is C17H20O4. The molecule has 4 nitrogen and oxygen atoms in total. The van der Waals surface area contributed by atoms with Gasteiger partial charge in [-0.2, -0.15) is 0 Å². The third kappa shape index (κ3) is 3.12. The van der Waals surface area contributed by atoms with Crippen molar-refractivity contribution in [1.29, 1.82) is 0 Å². The van der Waals surface area contributed by atoms with Crippen molar-refractivity contribution < 1.29 is 18.9 Å². The maximum Gasteiger partial charge on any atom is 0.184 e.